The molecule has 0 spiro atoms. The molecule has 0 bridgehead atoms. The molecule has 0 aliphatic carbocycles. The number of hydrogen-bond donors (Lipinski definition) is 0. The van der Waals surface area contributed by atoms with Crippen LogP contribution in [0.15, 0.2) is 146 Å². The van der Waals surface area contributed by atoms with E-state index in [0.29, 0.717) is 0 Å². The summed E-state index contributed by atoms with van der Waals surface area (Å²) >= 11 is 0. The smallest absolute Gasteiger partial charge is 0.00201 e. The Kier molecular flexibility index (Phi) is 5.75. The molecule has 0 saturated carbocycles. The molecule has 0 heterocycles. The fraction of sp³-hybridized carbons (Fsp3) is 0. The van der Waals surface area contributed by atoms with Crippen LogP contribution in [0, 0.1) is 0 Å². The highest BCUT2D eigenvalue weighted by Crippen LogP contribution is 2.46. The predicted octanol–water partition coefficient (Wildman–Crippen LogP) is 7.15. The van der Waals surface area contributed by atoms with Gasteiger partial charge in [0.15, 0.2) is 0 Å². The summed E-state index contributed by atoms with van der Waals surface area (Å²) in [6.07, 6.45) is 0. The lowest BCUT2D eigenvalue weighted by atomic mass is 9.84. The van der Waals surface area contributed by atoms with Gasteiger partial charge >= 0.3 is 0 Å². The second-order valence-electron chi connectivity index (χ2n) is 9.28. The van der Waals surface area contributed by atoms with Gasteiger partial charge in [-0.3, -0.25) is 0 Å². The summed E-state index contributed by atoms with van der Waals surface area (Å²) in [5.74, 6) is 0. The van der Waals surface area contributed by atoms with Crippen LogP contribution in [0.4, 0.5) is 0 Å². The summed E-state index contributed by atoms with van der Waals surface area (Å²) in [7, 11) is 0. The van der Waals surface area contributed by atoms with Crippen LogP contribution in [0.1, 0.15) is 0 Å². The summed E-state index contributed by atoms with van der Waals surface area (Å²) in [5, 5.41) is 7.70. The second kappa shape index (κ2) is 9.37. The number of rotatable bonds is 3. The summed E-state index contributed by atoms with van der Waals surface area (Å²) in [6, 6.07) is 52.7. The van der Waals surface area contributed by atoms with Crippen molar-refractivity contribution in [2.24, 2.45) is 0 Å². The van der Waals surface area contributed by atoms with E-state index >= 15 is 0 Å². The van der Waals surface area contributed by atoms with Crippen molar-refractivity contribution in [3.63, 3.8) is 0 Å². The molecule has 0 aliphatic heterocycles. The van der Waals surface area contributed by atoms with Crippen LogP contribution in [0.5, 0.6) is 0 Å². The van der Waals surface area contributed by atoms with E-state index in [4.69, 9.17) is 0 Å². The molecule has 7 rings (SSSR count). The van der Waals surface area contributed by atoms with Gasteiger partial charge in [0, 0.05) is 0 Å². The Balaban J connectivity index is 0.00000252. The molecule has 0 radical (unpaired) electrons. The van der Waals surface area contributed by atoms with Crippen LogP contribution < -0.4 is 4.70 Å². The van der Waals surface area contributed by atoms with Gasteiger partial charge in [-0.05, 0) is 65.7 Å². The molecular formula is C36H24F-. The summed E-state index contributed by atoms with van der Waals surface area (Å²) in [4.78, 5) is 0. The maximum Gasteiger partial charge on any atom is -0.00201 e. The molecule has 0 unspecified atom stereocenters. The predicted molar refractivity (Wildman–Crippen MR) is 155 cm³/mol. The second-order valence-corrected chi connectivity index (χ2v) is 9.28. The van der Waals surface area contributed by atoms with Crippen molar-refractivity contribution in [2.75, 3.05) is 0 Å². The molecule has 0 aliphatic rings. The largest absolute Gasteiger partial charge is 1.00 e. The molecule has 0 atom stereocenters. The third kappa shape index (κ3) is 3.68. The van der Waals surface area contributed by atoms with Crippen LogP contribution in [-0.4, -0.2) is 0 Å². The van der Waals surface area contributed by atoms with E-state index in [0.717, 1.165) is 0 Å². The normalized spacial score (nSPS) is 11.0. The quantitative estimate of drug-likeness (QED) is 0.238. The Bertz CT molecular complexity index is 1810. The average Bonchev–Trinajstić information content (AvgIpc) is 2.96. The Morgan fingerprint density at radius 3 is 1.11 bits per heavy atom. The highest BCUT2D eigenvalue weighted by Gasteiger charge is 2.18. The van der Waals surface area contributed by atoms with Crippen LogP contribution in [-0.2, 0) is 0 Å². The zero-order chi connectivity index (χ0) is 23.9. The molecule has 7 aromatic rings. The van der Waals surface area contributed by atoms with Crippen LogP contribution >= 0.6 is 0 Å². The van der Waals surface area contributed by atoms with Crippen molar-refractivity contribution in [1.29, 1.82) is 0 Å². The first-order valence-electron chi connectivity index (χ1n) is 12.5. The van der Waals surface area contributed by atoms with E-state index in [2.05, 4.69) is 146 Å². The third-order valence-electron chi connectivity index (χ3n) is 7.27. The average molecular weight is 476 g/mol. The van der Waals surface area contributed by atoms with Crippen molar-refractivity contribution in [1.82, 2.24) is 0 Å². The van der Waals surface area contributed by atoms with Crippen LogP contribution in [0.3, 0.4) is 0 Å². The first kappa shape index (κ1) is 22.7. The molecule has 37 heavy (non-hydrogen) atoms. The fourth-order valence-corrected chi connectivity index (χ4v) is 5.72. The molecule has 0 aromatic heterocycles. The molecule has 0 amide bonds. The number of hydrogen-bond acceptors (Lipinski definition) is 0. The summed E-state index contributed by atoms with van der Waals surface area (Å²) in [6.45, 7) is 0. The number of benzene rings is 7. The van der Waals surface area contributed by atoms with Gasteiger partial charge < -0.3 is 4.70 Å². The lowest BCUT2D eigenvalue weighted by Gasteiger charge is -2.19. The van der Waals surface area contributed by atoms with Crippen molar-refractivity contribution < 1.29 is 4.70 Å². The molecule has 0 saturated heterocycles. The third-order valence-corrected chi connectivity index (χ3v) is 7.27. The highest BCUT2D eigenvalue weighted by molar-refractivity contribution is 6.24. The van der Waals surface area contributed by atoms with Gasteiger partial charge in [-0.15, -0.1) is 0 Å². The van der Waals surface area contributed by atoms with Crippen molar-refractivity contribution in [3.8, 4) is 33.4 Å². The van der Waals surface area contributed by atoms with Crippen LogP contribution in [0.2, 0.25) is 0 Å². The van der Waals surface area contributed by atoms with Gasteiger partial charge in [0.2, 0.25) is 0 Å². The first-order chi connectivity index (χ1) is 17.9. The van der Waals surface area contributed by atoms with Gasteiger partial charge in [0.05, 0.1) is 0 Å². The van der Waals surface area contributed by atoms with E-state index in [1.165, 1.54) is 65.7 Å². The minimum Gasteiger partial charge on any atom is -1.00 e. The zero-order valence-corrected chi connectivity index (χ0v) is 20.2. The Morgan fingerprint density at radius 1 is 0.243 bits per heavy atom. The topological polar surface area (TPSA) is 0 Å². The zero-order valence-electron chi connectivity index (χ0n) is 20.2. The molecule has 0 fully saturated rings. The Labute approximate surface area is 215 Å². The van der Waals surface area contributed by atoms with Crippen molar-refractivity contribution >= 4 is 32.3 Å². The fourth-order valence-electron chi connectivity index (χ4n) is 5.72. The standard InChI is InChI=1S/C36H24.FH/c1-3-13-25(14-4-1)27-23-24-34(29-18-8-7-17-28(27)29)36-32-21-11-9-19-30(32)35(26-15-5-2-6-16-26)31-20-10-12-22-33(31)36;/h1-24H;1H/p-1. The van der Waals surface area contributed by atoms with Crippen molar-refractivity contribution in [2.45, 2.75) is 0 Å². The van der Waals surface area contributed by atoms with E-state index in [9.17, 15) is 0 Å². The molecule has 0 nitrogen and oxygen atoms in total. The molecular weight excluding hydrogens is 451 g/mol. The van der Waals surface area contributed by atoms with E-state index in [1.54, 1.807) is 0 Å². The molecule has 176 valence electrons. The monoisotopic (exact) mass is 475 g/mol. The molecule has 1 heteroatoms. The van der Waals surface area contributed by atoms with Gasteiger partial charge in [-0.25, -0.2) is 0 Å². The van der Waals surface area contributed by atoms with Gasteiger partial charge in [-0.1, -0.05) is 146 Å². The van der Waals surface area contributed by atoms with E-state index < -0.39 is 0 Å². The number of halogens is 1. The van der Waals surface area contributed by atoms with Gasteiger partial charge in [-0.2, -0.15) is 0 Å². The minimum atomic E-state index is 0. The van der Waals surface area contributed by atoms with Crippen LogP contribution in [0.25, 0.3) is 65.7 Å². The first-order valence-corrected chi connectivity index (χ1v) is 12.5. The van der Waals surface area contributed by atoms with Crippen molar-refractivity contribution in [3.05, 3.63) is 146 Å². The molecule has 0 N–H and O–H groups in total. The summed E-state index contributed by atoms with van der Waals surface area (Å²) < 4.78 is 0. The van der Waals surface area contributed by atoms with Gasteiger partial charge in [0.25, 0.3) is 0 Å². The van der Waals surface area contributed by atoms with E-state index in [1.807, 2.05) is 0 Å². The maximum atomic E-state index is 2.32. The minimum absolute atomic E-state index is 0. The SMILES string of the molecule is [F-].c1ccc(-c2ccc(-c3c4ccccc4c(-c4ccccc4)c4ccccc34)c3ccccc23)cc1. The lowest BCUT2D eigenvalue weighted by molar-refractivity contribution is -0.00000662. The summed E-state index contributed by atoms with van der Waals surface area (Å²) in [5.41, 5.74) is 7.64. The van der Waals surface area contributed by atoms with Gasteiger partial charge in [0.1, 0.15) is 0 Å². The lowest BCUT2D eigenvalue weighted by Crippen LogP contribution is -3.00. The molecule has 7 aromatic carbocycles. The number of fused-ring (bicyclic) bond motifs is 3. The highest BCUT2D eigenvalue weighted by atomic mass is 19.0. The van der Waals surface area contributed by atoms with E-state index in [-0.39, 0.29) is 4.70 Å². The maximum absolute atomic E-state index is 2.32. The Hall–Kier alpha value is -4.75. The Morgan fingerprint density at radius 2 is 0.595 bits per heavy atom.